The first-order valence-electron chi connectivity index (χ1n) is 4.08. The van der Waals surface area contributed by atoms with Crippen molar-refractivity contribution < 1.29 is 23.1 Å². The molecule has 0 amide bonds. The van der Waals surface area contributed by atoms with Gasteiger partial charge < -0.3 is 4.74 Å². The van der Waals surface area contributed by atoms with E-state index < -0.39 is 23.7 Å². The molecule has 0 aliphatic carbocycles. The SMILES string of the molecule is COC(=O)C(F)C(=O)c1cccc(F)c1. The number of ketones is 1. The summed E-state index contributed by atoms with van der Waals surface area (Å²) in [5.74, 6) is -3.07. The maximum Gasteiger partial charge on any atom is 0.348 e. The van der Waals surface area contributed by atoms with Crippen LogP contribution in [0, 0.1) is 5.82 Å². The van der Waals surface area contributed by atoms with Crippen LogP contribution in [-0.4, -0.2) is 25.0 Å². The van der Waals surface area contributed by atoms with Gasteiger partial charge in [0, 0.05) is 5.56 Å². The van der Waals surface area contributed by atoms with E-state index in [9.17, 15) is 18.4 Å². The largest absolute Gasteiger partial charge is 0.467 e. The van der Waals surface area contributed by atoms with E-state index >= 15 is 0 Å². The number of ether oxygens (including phenoxy) is 1. The standard InChI is InChI=1S/C10H8F2O3/c1-15-10(14)8(12)9(13)6-3-2-4-7(11)5-6/h2-5,8H,1H3. The summed E-state index contributed by atoms with van der Waals surface area (Å²) in [4.78, 5) is 22.0. The van der Waals surface area contributed by atoms with E-state index in [1.807, 2.05) is 0 Å². The van der Waals surface area contributed by atoms with Gasteiger partial charge in [-0.05, 0) is 12.1 Å². The predicted molar refractivity (Wildman–Crippen MR) is 47.6 cm³/mol. The first-order chi connectivity index (χ1) is 7.06. The van der Waals surface area contributed by atoms with Gasteiger partial charge in [0.2, 0.25) is 5.78 Å². The first kappa shape index (κ1) is 11.3. The molecule has 0 aliphatic rings. The summed E-state index contributed by atoms with van der Waals surface area (Å²) in [6, 6.07) is 4.45. The van der Waals surface area contributed by atoms with Crippen molar-refractivity contribution in [3.8, 4) is 0 Å². The minimum atomic E-state index is -2.41. The lowest BCUT2D eigenvalue weighted by Crippen LogP contribution is -2.26. The van der Waals surface area contributed by atoms with Crippen molar-refractivity contribution in [2.45, 2.75) is 6.17 Å². The Labute approximate surface area is 84.7 Å². The first-order valence-corrected chi connectivity index (χ1v) is 4.08. The van der Waals surface area contributed by atoms with Gasteiger partial charge in [-0.25, -0.2) is 13.6 Å². The van der Waals surface area contributed by atoms with Gasteiger partial charge in [0.15, 0.2) is 0 Å². The molecule has 0 saturated heterocycles. The number of hydrogen-bond acceptors (Lipinski definition) is 3. The number of esters is 1. The van der Waals surface area contributed by atoms with Crippen molar-refractivity contribution in [1.82, 2.24) is 0 Å². The molecule has 1 rings (SSSR count). The maximum absolute atomic E-state index is 13.1. The Hall–Kier alpha value is -1.78. The lowest BCUT2D eigenvalue weighted by atomic mass is 10.1. The second-order valence-corrected chi connectivity index (χ2v) is 2.76. The van der Waals surface area contributed by atoms with Gasteiger partial charge in [0.25, 0.3) is 6.17 Å². The van der Waals surface area contributed by atoms with Crippen LogP contribution >= 0.6 is 0 Å². The van der Waals surface area contributed by atoms with Crippen molar-refractivity contribution >= 4 is 11.8 Å². The summed E-state index contributed by atoms with van der Waals surface area (Å²) in [5, 5.41) is 0. The Kier molecular flexibility index (Phi) is 3.49. The number of rotatable bonds is 3. The molecule has 5 heteroatoms. The fourth-order valence-corrected chi connectivity index (χ4v) is 0.999. The number of Topliss-reactive ketones (excluding diaryl/α,β-unsaturated/α-hetero) is 1. The summed E-state index contributed by atoms with van der Waals surface area (Å²) in [7, 11) is 0.966. The summed E-state index contributed by atoms with van der Waals surface area (Å²) in [6.07, 6.45) is -2.41. The molecule has 1 atom stereocenters. The third-order valence-electron chi connectivity index (χ3n) is 1.75. The Morgan fingerprint density at radius 3 is 2.60 bits per heavy atom. The molecule has 0 fully saturated rings. The highest BCUT2D eigenvalue weighted by molar-refractivity contribution is 6.10. The average Bonchev–Trinajstić information content (AvgIpc) is 2.26. The van der Waals surface area contributed by atoms with Gasteiger partial charge in [0.1, 0.15) is 5.82 Å². The van der Waals surface area contributed by atoms with Crippen LogP contribution in [0.2, 0.25) is 0 Å². The topological polar surface area (TPSA) is 43.4 Å². The fourth-order valence-electron chi connectivity index (χ4n) is 0.999. The second-order valence-electron chi connectivity index (χ2n) is 2.76. The van der Waals surface area contributed by atoms with Crippen LogP contribution < -0.4 is 0 Å². The highest BCUT2D eigenvalue weighted by Crippen LogP contribution is 2.09. The van der Waals surface area contributed by atoms with Gasteiger partial charge in [-0.2, -0.15) is 0 Å². The molecule has 0 heterocycles. The van der Waals surface area contributed by atoms with E-state index in [0.29, 0.717) is 0 Å². The van der Waals surface area contributed by atoms with Gasteiger partial charge >= 0.3 is 5.97 Å². The van der Waals surface area contributed by atoms with Crippen molar-refractivity contribution in [1.29, 1.82) is 0 Å². The number of carbonyl (C=O) groups excluding carboxylic acids is 2. The van der Waals surface area contributed by atoms with Crippen LogP contribution in [0.4, 0.5) is 8.78 Å². The fraction of sp³-hybridized carbons (Fsp3) is 0.200. The molecule has 1 aromatic rings. The van der Waals surface area contributed by atoms with Crippen LogP contribution in [-0.2, 0) is 9.53 Å². The third-order valence-corrected chi connectivity index (χ3v) is 1.75. The Balaban J connectivity index is 2.90. The number of carbonyl (C=O) groups is 2. The minimum Gasteiger partial charge on any atom is -0.467 e. The smallest absolute Gasteiger partial charge is 0.348 e. The molecular weight excluding hydrogens is 206 g/mol. The normalized spacial score (nSPS) is 11.9. The van der Waals surface area contributed by atoms with Crippen LogP contribution in [0.1, 0.15) is 10.4 Å². The monoisotopic (exact) mass is 214 g/mol. The number of benzene rings is 1. The van der Waals surface area contributed by atoms with Crippen molar-refractivity contribution in [2.75, 3.05) is 7.11 Å². The summed E-state index contributed by atoms with van der Waals surface area (Å²) >= 11 is 0. The quantitative estimate of drug-likeness (QED) is 0.435. The lowest BCUT2D eigenvalue weighted by molar-refractivity contribution is -0.144. The minimum absolute atomic E-state index is 0.201. The zero-order valence-corrected chi connectivity index (χ0v) is 7.87. The Bertz CT molecular complexity index is 390. The molecule has 1 unspecified atom stereocenters. The van der Waals surface area contributed by atoms with E-state index in [1.54, 1.807) is 0 Å². The van der Waals surface area contributed by atoms with Crippen LogP contribution in [0.15, 0.2) is 24.3 Å². The molecule has 0 aromatic heterocycles. The highest BCUT2D eigenvalue weighted by atomic mass is 19.1. The van der Waals surface area contributed by atoms with E-state index in [2.05, 4.69) is 4.74 Å². The zero-order chi connectivity index (χ0) is 11.4. The summed E-state index contributed by atoms with van der Waals surface area (Å²) < 4.78 is 29.8. The van der Waals surface area contributed by atoms with E-state index in [4.69, 9.17) is 0 Å². The van der Waals surface area contributed by atoms with Crippen LogP contribution in [0.5, 0.6) is 0 Å². The average molecular weight is 214 g/mol. The van der Waals surface area contributed by atoms with E-state index in [1.165, 1.54) is 12.1 Å². The van der Waals surface area contributed by atoms with E-state index in [0.717, 1.165) is 19.2 Å². The van der Waals surface area contributed by atoms with E-state index in [-0.39, 0.29) is 5.56 Å². The molecule has 0 N–H and O–H groups in total. The van der Waals surface area contributed by atoms with Crippen LogP contribution in [0.3, 0.4) is 0 Å². The molecule has 0 radical (unpaired) electrons. The Morgan fingerprint density at radius 2 is 2.07 bits per heavy atom. The molecule has 80 valence electrons. The maximum atomic E-state index is 13.1. The molecule has 0 bridgehead atoms. The number of hydrogen-bond donors (Lipinski definition) is 0. The molecule has 1 aromatic carbocycles. The number of alkyl halides is 1. The zero-order valence-electron chi connectivity index (χ0n) is 7.87. The molecule has 0 spiro atoms. The molecular formula is C10H8F2O3. The molecule has 0 aliphatic heterocycles. The predicted octanol–water partition coefficient (Wildman–Crippen LogP) is 1.52. The Morgan fingerprint density at radius 1 is 1.40 bits per heavy atom. The van der Waals surface area contributed by atoms with Crippen LogP contribution in [0.25, 0.3) is 0 Å². The summed E-state index contributed by atoms with van der Waals surface area (Å²) in [5.41, 5.74) is -0.201. The third kappa shape index (κ3) is 2.59. The lowest BCUT2D eigenvalue weighted by Gasteiger charge is -2.04. The summed E-state index contributed by atoms with van der Waals surface area (Å²) in [6.45, 7) is 0. The second kappa shape index (κ2) is 4.63. The van der Waals surface area contributed by atoms with Crippen molar-refractivity contribution in [3.63, 3.8) is 0 Å². The van der Waals surface area contributed by atoms with Crippen molar-refractivity contribution in [2.24, 2.45) is 0 Å². The number of methoxy groups -OCH3 is 1. The molecule has 0 saturated carbocycles. The number of halogens is 2. The van der Waals surface area contributed by atoms with Gasteiger partial charge in [-0.1, -0.05) is 12.1 Å². The van der Waals surface area contributed by atoms with Gasteiger partial charge in [-0.3, -0.25) is 4.79 Å². The van der Waals surface area contributed by atoms with Crippen molar-refractivity contribution in [3.05, 3.63) is 35.6 Å². The molecule has 3 nitrogen and oxygen atoms in total. The molecule has 15 heavy (non-hydrogen) atoms. The van der Waals surface area contributed by atoms with Gasteiger partial charge in [-0.15, -0.1) is 0 Å². The van der Waals surface area contributed by atoms with Gasteiger partial charge in [0.05, 0.1) is 7.11 Å². The highest BCUT2D eigenvalue weighted by Gasteiger charge is 2.28.